The minimum Gasteiger partial charge on any atom is -0.486 e. The van der Waals surface area contributed by atoms with Gasteiger partial charge in [-0.05, 0) is 48.5 Å². The lowest BCUT2D eigenvalue weighted by Gasteiger charge is -2.10. The number of hydrogen-bond donors (Lipinski definition) is 1. The maximum atomic E-state index is 12.6. The van der Waals surface area contributed by atoms with Gasteiger partial charge in [-0.15, -0.1) is 0 Å². The molecule has 6 heteroatoms. The molecular weight excluding hydrogens is 368 g/mol. The number of nitrogens with one attached hydrogen (secondary N) is 1. The summed E-state index contributed by atoms with van der Waals surface area (Å²) >= 11 is 0. The summed E-state index contributed by atoms with van der Waals surface area (Å²) in [6, 6.07) is 25.4. The summed E-state index contributed by atoms with van der Waals surface area (Å²) in [5.74, 6) is 1.97. The molecule has 1 N–H and O–H groups in total. The van der Waals surface area contributed by atoms with Crippen molar-refractivity contribution in [1.29, 1.82) is 0 Å². The zero-order chi connectivity index (χ0) is 19.9. The number of ether oxygens (including phenoxy) is 2. The van der Waals surface area contributed by atoms with Gasteiger partial charge in [-0.2, -0.15) is 0 Å². The predicted octanol–water partition coefficient (Wildman–Crippen LogP) is 5.30. The van der Waals surface area contributed by atoms with Crippen LogP contribution < -0.4 is 14.8 Å². The lowest BCUT2D eigenvalue weighted by atomic mass is 10.3. The van der Waals surface area contributed by atoms with Crippen molar-refractivity contribution in [2.45, 2.75) is 6.61 Å². The van der Waals surface area contributed by atoms with E-state index in [1.54, 1.807) is 30.5 Å². The molecule has 0 unspecified atom stereocenters. The zero-order valence-corrected chi connectivity index (χ0v) is 15.4. The minimum absolute atomic E-state index is 0.172. The van der Waals surface area contributed by atoms with Gasteiger partial charge in [0.25, 0.3) is 5.91 Å². The Hall–Kier alpha value is -4.06. The molecule has 0 spiro atoms. The fourth-order valence-electron chi connectivity index (χ4n) is 2.60. The molecule has 1 amide bonds. The van der Waals surface area contributed by atoms with Crippen molar-refractivity contribution in [3.63, 3.8) is 0 Å². The van der Waals surface area contributed by atoms with Crippen molar-refractivity contribution in [3.05, 3.63) is 103 Å². The Morgan fingerprint density at radius 2 is 1.59 bits per heavy atom. The third kappa shape index (κ3) is 4.81. The van der Waals surface area contributed by atoms with Crippen molar-refractivity contribution in [3.8, 4) is 17.4 Å². The highest BCUT2D eigenvalue weighted by atomic mass is 16.5. The highest BCUT2D eigenvalue weighted by molar-refractivity contribution is 6.02. The molecule has 0 radical (unpaired) electrons. The van der Waals surface area contributed by atoms with E-state index in [-0.39, 0.29) is 12.4 Å². The highest BCUT2D eigenvalue weighted by Gasteiger charge is 2.15. The summed E-state index contributed by atoms with van der Waals surface area (Å²) in [5, 5.41) is 2.77. The summed E-state index contributed by atoms with van der Waals surface area (Å²) in [6.45, 7) is 0.229. The third-order valence-electron chi connectivity index (χ3n) is 3.99. The molecule has 29 heavy (non-hydrogen) atoms. The summed E-state index contributed by atoms with van der Waals surface area (Å²) in [5.41, 5.74) is 0.444. The second-order valence-electron chi connectivity index (χ2n) is 6.09. The van der Waals surface area contributed by atoms with Crippen LogP contribution in [0.2, 0.25) is 0 Å². The topological polar surface area (TPSA) is 73.6 Å². The van der Waals surface area contributed by atoms with Crippen LogP contribution in [0.5, 0.6) is 17.4 Å². The number of amides is 1. The van der Waals surface area contributed by atoms with Crippen molar-refractivity contribution in [1.82, 2.24) is 4.98 Å². The fourth-order valence-corrected chi connectivity index (χ4v) is 2.60. The first-order valence-corrected chi connectivity index (χ1v) is 9.04. The predicted molar refractivity (Wildman–Crippen MR) is 108 cm³/mol. The minimum atomic E-state index is -0.401. The van der Waals surface area contributed by atoms with Crippen molar-refractivity contribution >= 4 is 11.6 Å². The summed E-state index contributed by atoms with van der Waals surface area (Å²) < 4.78 is 17.0. The van der Waals surface area contributed by atoms with Crippen molar-refractivity contribution in [2.24, 2.45) is 0 Å². The highest BCUT2D eigenvalue weighted by Crippen LogP contribution is 2.27. The molecule has 0 aliphatic rings. The first-order chi connectivity index (χ1) is 14.3. The molecule has 144 valence electrons. The summed E-state index contributed by atoms with van der Waals surface area (Å²) in [6.07, 6.45) is 1.60. The lowest BCUT2D eigenvalue weighted by Crippen LogP contribution is -2.12. The molecule has 2 aromatic heterocycles. The van der Waals surface area contributed by atoms with E-state index in [0.717, 1.165) is 5.75 Å². The normalized spacial score (nSPS) is 10.3. The molecule has 2 heterocycles. The maximum Gasteiger partial charge on any atom is 0.291 e. The average Bonchev–Trinajstić information content (AvgIpc) is 3.24. The Bertz CT molecular complexity index is 1080. The van der Waals surface area contributed by atoms with Crippen LogP contribution in [-0.2, 0) is 6.61 Å². The number of hydrogen-bond acceptors (Lipinski definition) is 5. The molecular formula is C23H18N2O4. The van der Waals surface area contributed by atoms with E-state index >= 15 is 0 Å². The third-order valence-corrected chi connectivity index (χ3v) is 3.99. The molecule has 0 bridgehead atoms. The molecule has 0 fully saturated rings. The quantitative estimate of drug-likeness (QED) is 0.467. The Morgan fingerprint density at radius 1 is 0.862 bits per heavy atom. The van der Waals surface area contributed by atoms with Crippen LogP contribution in [0, 0.1) is 0 Å². The number of carbonyl (C=O) groups is 1. The van der Waals surface area contributed by atoms with Gasteiger partial charge < -0.3 is 19.2 Å². The van der Waals surface area contributed by atoms with Gasteiger partial charge in [0.05, 0.1) is 0 Å². The molecule has 0 aliphatic heterocycles. The summed E-state index contributed by atoms with van der Waals surface area (Å²) in [7, 11) is 0. The second kappa shape index (κ2) is 8.75. The Labute approximate surface area is 167 Å². The number of carbonyl (C=O) groups excluding carboxylic acids is 1. The lowest BCUT2D eigenvalue weighted by molar-refractivity contribution is 0.0992. The first kappa shape index (κ1) is 18.3. The standard InChI is InChI=1S/C23H18N2O4/c26-22(21-14-13-19(28-21)16-27-17-8-3-1-4-9-17)25-20-12-7-15-24-23(20)29-18-10-5-2-6-11-18/h1-15H,16H2,(H,25,26). The van der Waals surface area contributed by atoms with Crippen LogP contribution in [0.1, 0.15) is 16.3 Å². The number of rotatable bonds is 7. The van der Waals surface area contributed by atoms with Crippen LogP contribution in [0.25, 0.3) is 0 Å². The SMILES string of the molecule is O=C(Nc1cccnc1Oc1ccccc1)c1ccc(COc2ccccc2)o1. The number of nitrogens with zero attached hydrogens (tertiary/aromatic N) is 1. The van der Waals surface area contributed by atoms with Crippen LogP contribution in [0.4, 0.5) is 5.69 Å². The van der Waals surface area contributed by atoms with E-state index < -0.39 is 5.91 Å². The first-order valence-electron chi connectivity index (χ1n) is 9.04. The number of benzene rings is 2. The van der Waals surface area contributed by atoms with Gasteiger partial charge in [0.1, 0.15) is 29.6 Å². The molecule has 0 saturated heterocycles. The van der Waals surface area contributed by atoms with Gasteiger partial charge in [0.2, 0.25) is 5.88 Å². The van der Waals surface area contributed by atoms with Gasteiger partial charge in [0.15, 0.2) is 5.76 Å². The van der Waals surface area contributed by atoms with Gasteiger partial charge in [-0.1, -0.05) is 36.4 Å². The van der Waals surface area contributed by atoms with Gasteiger partial charge >= 0.3 is 0 Å². The number of para-hydroxylation sites is 2. The molecule has 0 atom stereocenters. The maximum absolute atomic E-state index is 12.6. The van der Waals surface area contributed by atoms with E-state index in [1.165, 1.54) is 0 Å². The fraction of sp³-hybridized carbons (Fsp3) is 0.0435. The smallest absolute Gasteiger partial charge is 0.291 e. The number of aromatic nitrogens is 1. The number of pyridine rings is 1. The van der Waals surface area contributed by atoms with E-state index in [4.69, 9.17) is 13.9 Å². The van der Waals surface area contributed by atoms with E-state index in [1.807, 2.05) is 60.7 Å². The largest absolute Gasteiger partial charge is 0.486 e. The zero-order valence-electron chi connectivity index (χ0n) is 15.4. The van der Waals surface area contributed by atoms with E-state index in [0.29, 0.717) is 23.1 Å². The number of anilines is 1. The van der Waals surface area contributed by atoms with Gasteiger partial charge in [0, 0.05) is 6.20 Å². The Morgan fingerprint density at radius 3 is 2.34 bits per heavy atom. The molecule has 0 aliphatic carbocycles. The monoisotopic (exact) mass is 386 g/mol. The molecule has 6 nitrogen and oxygen atoms in total. The van der Waals surface area contributed by atoms with Crippen LogP contribution in [0.3, 0.4) is 0 Å². The second-order valence-corrected chi connectivity index (χ2v) is 6.09. The molecule has 0 saturated carbocycles. The van der Waals surface area contributed by atoms with Gasteiger partial charge in [-0.3, -0.25) is 4.79 Å². The van der Waals surface area contributed by atoms with Crippen LogP contribution in [-0.4, -0.2) is 10.9 Å². The number of furan rings is 1. The molecule has 4 rings (SSSR count). The Balaban J connectivity index is 1.42. The van der Waals surface area contributed by atoms with Crippen molar-refractivity contribution in [2.75, 3.05) is 5.32 Å². The summed E-state index contributed by atoms with van der Waals surface area (Å²) in [4.78, 5) is 16.8. The van der Waals surface area contributed by atoms with E-state index in [9.17, 15) is 4.79 Å². The molecule has 4 aromatic rings. The average molecular weight is 386 g/mol. The van der Waals surface area contributed by atoms with Crippen molar-refractivity contribution < 1.29 is 18.7 Å². The van der Waals surface area contributed by atoms with E-state index in [2.05, 4.69) is 10.3 Å². The van der Waals surface area contributed by atoms with Crippen LogP contribution in [0.15, 0.2) is 95.5 Å². The molecule has 2 aromatic carbocycles. The van der Waals surface area contributed by atoms with Gasteiger partial charge in [-0.25, -0.2) is 4.98 Å². The Kier molecular flexibility index (Phi) is 5.53. The van der Waals surface area contributed by atoms with Crippen LogP contribution >= 0.6 is 0 Å².